The molecule has 1 atom stereocenters. The van der Waals surface area contributed by atoms with Gasteiger partial charge in [-0.2, -0.15) is 0 Å². The van der Waals surface area contributed by atoms with Crippen molar-refractivity contribution in [2.24, 2.45) is 0 Å². The average Bonchev–Trinajstić information content (AvgIpc) is 3.52. The topological polar surface area (TPSA) is 100 Å². The first kappa shape index (κ1) is 34.4. The third kappa shape index (κ3) is 9.56. The summed E-state index contributed by atoms with van der Waals surface area (Å²) in [6.07, 6.45) is 2.17. The molecule has 5 aromatic rings. The number of carbonyl (C=O) groups excluding carboxylic acids is 3. The molecule has 0 aliphatic carbocycles. The highest BCUT2D eigenvalue weighted by molar-refractivity contribution is 9.10. The van der Waals surface area contributed by atoms with Gasteiger partial charge in [0.05, 0.1) is 16.0 Å². The van der Waals surface area contributed by atoms with Crippen LogP contribution in [0.15, 0.2) is 118 Å². The van der Waals surface area contributed by atoms with Crippen LogP contribution in [0.4, 0.5) is 10.8 Å². The maximum atomic E-state index is 13.5. The van der Waals surface area contributed by atoms with Gasteiger partial charge in [0.15, 0.2) is 5.13 Å². The first-order chi connectivity index (χ1) is 22.7. The van der Waals surface area contributed by atoms with Gasteiger partial charge in [-0.1, -0.05) is 82.5 Å². The summed E-state index contributed by atoms with van der Waals surface area (Å²) >= 11 is 18.4. The third-order valence-corrected chi connectivity index (χ3v) is 9.88. The Bertz CT molecular complexity index is 1940. The van der Waals surface area contributed by atoms with Gasteiger partial charge >= 0.3 is 0 Å². The maximum Gasteiger partial charge on any atom is 0.272 e. The van der Waals surface area contributed by atoms with Crippen LogP contribution in [0.3, 0.4) is 0 Å². The Labute approximate surface area is 298 Å². The minimum absolute atomic E-state index is 0.0766. The molecule has 0 bridgehead atoms. The second-order valence-corrected chi connectivity index (χ2v) is 14.0. The van der Waals surface area contributed by atoms with Crippen LogP contribution >= 0.6 is 62.2 Å². The number of hydrogen-bond donors (Lipinski definition) is 3. The van der Waals surface area contributed by atoms with Crippen LogP contribution in [0.1, 0.15) is 29.3 Å². The minimum Gasteiger partial charge on any atom is -0.321 e. The highest BCUT2D eigenvalue weighted by Crippen LogP contribution is 2.33. The van der Waals surface area contributed by atoms with E-state index in [4.69, 9.17) is 23.2 Å². The largest absolute Gasteiger partial charge is 0.321 e. The quantitative estimate of drug-likeness (QED) is 0.0919. The molecule has 1 heterocycles. The van der Waals surface area contributed by atoms with Gasteiger partial charge in [-0.25, -0.2) is 4.98 Å². The number of thioether (sulfide) groups is 1. The molecule has 0 spiro atoms. The molecule has 0 saturated carbocycles. The van der Waals surface area contributed by atoms with E-state index in [0.717, 1.165) is 20.5 Å². The Morgan fingerprint density at radius 1 is 0.936 bits per heavy atom. The Hall–Kier alpha value is -3.93. The molecule has 5 rings (SSSR count). The molecule has 3 amide bonds. The van der Waals surface area contributed by atoms with Gasteiger partial charge in [0.2, 0.25) is 5.91 Å². The van der Waals surface area contributed by atoms with Gasteiger partial charge < -0.3 is 16.0 Å². The molecule has 0 aliphatic rings. The maximum absolute atomic E-state index is 13.5. The standard InChI is InChI=1S/C35H27BrCl2N4O3S2/c1-2-31(34(45)42-35-41-30(20-46-35)27-16-15-24(37)18-28(27)38)47-26-10-6-9-25(19-26)39-33(44)29(17-21-11-13-23(36)14-12-21)40-32(43)22-7-4-3-5-8-22/h3-20,31H,2H2,1H3,(H,39,44)(H,40,43)(H,41,42,45)/b29-17-. The van der Waals surface area contributed by atoms with Crippen molar-refractivity contribution >= 4 is 96.8 Å². The van der Waals surface area contributed by atoms with E-state index in [-0.39, 0.29) is 11.6 Å². The molecule has 47 heavy (non-hydrogen) atoms. The van der Waals surface area contributed by atoms with Gasteiger partial charge in [-0.3, -0.25) is 14.4 Å². The summed E-state index contributed by atoms with van der Waals surface area (Å²) in [5, 5.41) is 11.4. The molecular weight excluding hydrogens is 739 g/mol. The number of thiazole rings is 1. The van der Waals surface area contributed by atoms with Crippen molar-refractivity contribution in [3.05, 3.63) is 134 Å². The number of benzene rings is 4. The van der Waals surface area contributed by atoms with Gasteiger partial charge in [-0.05, 0) is 78.7 Å². The van der Waals surface area contributed by atoms with E-state index in [2.05, 4.69) is 36.9 Å². The lowest BCUT2D eigenvalue weighted by molar-refractivity contribution is -0.116. The summed E-state index contributed by atoms with van der Waals surface area (Å²) < 4.78 is 0.890. The predicted molar refractivity (Wildman–Crippen MR) is 197 cm³/mol. The smallest absolute Gasteiger partial charge is 0.272 e. The number of rotatable bonds is 11. The number of halogens is 3. The van der Waals surface area contributed by atoms with Crippen molar-refractivity contribution in [3.63, 3.8) is 0 Å². The number of aromatic nitrogens is 1. The Kier molecular flexibility index (Phi) is 11.9. The molecule has 4 aromatic carbocycles. The van der Waals surface area contributed by atoms with Crippen LogP contribution in [0.2, 0.25) is 10.0 Å². The lowest BCUT2D eigenvalue weighted by Crippen LogP contribution is -2.30. The van der Waals surface area contributed by atoms with Crippen LogP contribution in [0.25, 0.3) is 17.3 Å². The van der Waals surface area contributed by atoms with Crippen LogP contribution in [-0.4, -0.2) is 28.0 Å². The molecule has 0 aliphatic heterocycles. The number of nitrogens with one attached hydrogen (secondary N) is 3. The average molecular weight is 767 g/mol. The van der Waals surface area contributed by atoms with Gasteiger partial charge in [-0.15, -0.1) is 23.1 Å². The first-order valence-electron chi connectivity index (χ1n) is 14.3. The Balaban J connectivity index is 1.27. The number of hydrogen-bond acceptors (Lipinski definition) is 6. The van der Waals surface area contributed by atoms with Crippen molar-refractivity contribution < 1.29 is 14.4 Å². The summed E-state index contributed by atoms with van der Waals surface area (Å²) in [5.74, 6) is -1.10. The minimum atomic E-state index is -0.496. The van der Waals surface area contributed by atoms with Gasteiger partial charge in [0.1, 0.15) is 5.70 Å². The highest BCUT2D eigenvalue weighted by atomic mass is 79.9. The zero-order chi connectivity index (χ0) is 33.3. The fourth-order valence-electron chi connectivity index (χ4n) is 4.34. The summed E-state index contributed by atoms with van der Waals surface area (Å²) in [7, 11) is 0. The first-order valence-corrected chi connectivity index (χ1v) is 17.6. The molecule has 1 aromatic heterocycles. The lowest BCUT2D eigenvalue weighted by atomic mass is 10.1. The van der Waals surface area contributed by atoms with Crippen LogP contribution in [-0.2, 0) is 9.59 Å². The molecule has 0 saturated heterocycles. The van der Waals surface area contributed by atoms with Crippen molar-refractivity contribution in [2.45, 2.75) is 23.5 Å². The molecule has 0 radical (unpaired) electrons. The second-order valence-electron chi connectivity index (χ2n) is 10.1. The van der Waals surface area contributed by atoms with E-state index in [9.17, 15) is 14.4 Å². The van der Waals surface area contributed by atoms with Crippen LogP contribution in [0, 0.1) is 0 Å². The zero-order valence-corrected chi connectivity index (χ0v) is 29.5. The number of carbonyl (C=O) groups is 3. The molecule has 3 N–H and O–H groups in total. The zero-order valence-electron chi connectivity index (χ0n) is 24.8. The van der Waals surface area contributed by atoms with Crippen LogP contribution < -0.4 is 16.0 Å². The van der Waals surface area contributed by atoms with E-state index >= 15 is 0 Å². The molecule has 238 valence electrons. The fourth-order valence-corrected chi connectivity index (χ4v) is 6.83. The van der Waals surface area contributed by atoms with E-state index in [1.165, 1.54) is 23.1 Å². The fraction of sp³-hybridized carbons (Fsp3) is 0.0857. The van der Waals surface area contributed by atoms with Crippen LogP contribution in [0.5, 0.6) is 0 Å². The van der Waals surface area contributed by atoms with E-state index in [1.54, 1.807) is 66.7 Å². The number of nitrogens with zero attached hydrogens (tertiary/aromatic N) is 1. The summed E-state index contributed by atoms with van der Waals surface area (Å²) in [6, 6.07) is 28.4. The monoisotopic (exact) mass is 764 g/mol. The van der Waals surface area contributed by atoms with Gasteiger partial charge in [0.25, 0.3) is 11.8 Å². The number of amides is 3. The van der Waals surface area contributed by atoms with Crippen molar-refractivity contribution in [1.29, 1.82) is 0 Å². The summed E-state index contributed by atoms with van der Waals surface area (Å²) in [4.78, 5) is 45.0. The third-order valence-electron chi connectivity index (χ3n) is 6.68. The SMILES string of the molecule is CCC(Sc1cccc(NC(=O)/C(=C/c2ccc(Br)cc2)NC(=O)c2ccccc2)c1)C(=O)Nc1nc(-c2ccc(Cl)cc2Cl)cs1. The van der Waals surface area contributed by atoms with Crippen molar-refractivity contribution in [1.82, 2.24) is 10.3 Å². The normalized spacial score (nSPS) is 11.9. The van der Waals surface area contributed by atoms with E-state index < -0.39 is 17.1 Å². The van der Waals surface area contributed by atoms with E-state index in [0.29, 0.717) is 38.5 Å². The number of anilines is 2. The predicted octanol–water partition coefficient (Wildman–Crippen LogP) is 9.80. The molecule has 12 heteroatoms. The molecular formula is C35H27BrCl2N4O3S2. The van der Waals surface area contributed by atoms with Gasteiger partial charge in [0, 0.05) is 36.6 Å². The summed E-state index contributed by atoms with van der Waals surface area (Å²) in [5.41, 5.74) is 3.11. The molecule has 1 unspecified atom stereocenters. The van der Waals surface area contributed by atoms with Crippen molar-refractivity contribution in [3.8, 4) is 11.3 Å². The Morgan fingerprint density at radius 3 is 2.43 bits per heavy atom. The molecule has 0 fully saturated rings. The Morgan fingerprint density at radius 2 is 1.70 bits per heavy atom. The highest BCUT2D eigenvalue weighted by Gasteiger charge is 2.21. The lowest BCUT2D eigenvalue weighted by Gasteiger charge is -2.15. The molecule has 7 nitrogen and oxygen atoms in total. The summed E-state index contributed by atoms with van der Waals surface area (Å²) in [6.45, 7) is 1.93. The van der Waals surface area contributed by atoms with E-state index in [1.807, 2.05) is 48.7 Å². The second kappa shape index (κ2) is 16.3. The van der Waals surface area contributed by atoms with Crippen molar-refractivity contribution in [2.75, 3.05) is 10.6 Å².